The number of non-ortho nitro benzene ring substituents is 1. The van der Waals surface area contributed by atoms with E-state index in [1.165, 1.54) is 12.8 Å². The van der Waals surface area contributed by atoms with Gasteiger partial charge in [-0.3, -0.25) is 15.0 Å². The molecule has 0 amide bonds. The Morgan fingerprint density at radius 1 is 1.43 bits per heavy atom. The summed E-state index contributed by atoms with van der Waals surface area (Å²) in [6.45, 7) is 6.58. The number of nitrogens with zero attached hydrogens (tertiary/aromatic N) is 2. The molecule has 2 saturated heterocycles. The average Bonchev–Trinajstić information content (AvgIpc) is 3.09. The first-order valence-corrected chi connectivity index (χ1v) is 7.29. The van der Waals surface area contributed by atoms with Crippen molar-refractivity contribution in [1.82, 2.24) is 10.2 Å². The van der Waals surface area contributed by atoms with Gasteiger partial charge in [-0.2, -0.15) is 0 Å². The van der Waals surface area contributed by atoms with Crippen molar-refractivity contribution in [2.45, 2.75) is 25.8 Å². The summed E-state index contributed by atoms with van der Waals surface area (Å²) in [4.78, 5) is 13.0. The third kappa shape index (κ3) is 3.20. The predicted octanol–water partition coefficient (Wildman–Crippen LogP) is 2.76. The summed E-state index contributed by atoms with van der Waals surface area (Å²) in [5.74, 6) is 0. The lowest BCUT2D eigenvalue weighted by atomic mass is 9.86. The first-order valence-electron chi connectivity index (χ1n) is 7.29. The van der Waals surface area contributed by atoms with Crippen LogP contribution in [-0.4, -0.2) is 36.0 Å². The Kier molecular flexibility index (Phi) is 4.86. The van der Waals surface area contributed by atoms with Gasteiger partial charge in [0.25, 0.3) is 5.69 Å². The number of benzene rings is 1. The van der Waals surface area contributed by atoms with Crippen LogP contribution in [0.4, 0.5) is 5.69 Å². The Balaban J connectivity index is 0.00000161. The van der Waals surface area contributed by atoms with Gasteiger partial charge in [0.2, 0.25) is 0 Å². The first-order chi connectivity index (χ1) is 9.60. The molecule has 2 heterocycles. The third-order valence-corrected chi connectivity index (χ3v) is 4.91. The minimum atomic E-state index is -0.317. The zero-order valence-electron chi connectivity index (χ0n) is 12.2. The molecule has 6 heteroatoms. The normalized spacial score (nSPS) is 26.7. The summed E-state index contributed by atoms with van der Waals surface area (Å²) >= 11 is 0. The Morgan fingerprint density at radius 3 is 2.90 bits per heavy atom. The molecule has 0 aromatic heterocycles. The highest BCUT2D eigenvalue weighted by Gasteiger charge is 2.41. The van der Waals surface area contributed by atoms with Crippen LogP contribution < -0.4 is 5.32 Å². The molecule has 1 N–H and O–H groups in total. The van der Waals surface area contributed by atoms with Gasteiger partial charge in [0.05, 0.1) is 4.92 Å². The van der Waals surface area contributed by atoms with E-state index in [1.54, 1.807) is 18.2 Å². The molecule has 0 radical (unpaired) electrons. The van der Waals surface area contributed by atoms with Crippen LogP contribution in [0, 0.1) is 15.5 Å². The summed E-state index contributed by atoms with van der Waals surface area (Å²) in [6, 6.07) is 7.29. The summed E-state index contributed by atoms with van der Waals surface area (Å²) < 4.78 is 0. The Labute approximate surface area is 131 Å². The lowest BCUT2D eigenvalue weighted by Crippen LogP contribution is -2.30. The number of nitro benzene ring substituents is 1. The predicted molar refractivity (Wildman–Crippen MR) is 84.9 cm³/mol. The molecule has 0 saturated carbocycles. The van der Waals surface area contributed by atoms with Crippen molar-refractivity contribution in [3.05, 3.63) is 39.9 Å². The van der Waals surface area contributed by atoms with E-state index in [4.69, 9.17) is 0 Å². The van der Waals surface area contributed by atoms with Crippen molar-refractivity contribution in [1.29, 1.82) is 0 Å². The molecule has 0 aliphatic carbocycles. The van der Waals surface area contributed by atoms with E-state index in [1.807, 2.05) is 6.07 Å². The average molecular weight is 312 g/mol. The van der Waals surface area contributed by atoms with Crippen LogP contribution in [0.3, 0.4) is 0 Å². The molecule has 1 aromatic carbocycles. The molecular weight excluding hydrogens is 290 g/mol. The fourth-order valence-electron chi connectivity index (χ4n) is 3.55. The second kappa shape index (κ2) is 6.30. The van der Waals surface area contributed by atoms with Crippen LogP contribution in [0.15, 0.2) is 24.3 Å². The number of hydrogen-bond acceptors (Lipinski definition) is 4. The maximum Gasteiger partial charge on any atom is 0.269 e. The first kappa shape index (κ1) is 16.2. The highest BCUT2D eigenvalue weighted by atomic mass is 35.5. The minimum absolute atomic E-state index is 0. The third-order valence-electron chi connectivity index (χ3n) is 4.91. The molecule has 2 unspecified atom stereocenters. The van der Waals surface area contributed by atoms with Crippen molar-refractivity contribution in [3.8, 4) is 0 Å². The molecule has 1 aromatic rings. The van der Waals surface area contributed by atoms with E-state index in [2.05, 4.69) is 17.1 Å². The van der Waals surface area contributed by atoms with Gasteiger partial charge in [0, 0.05) is 31.3 Å². The Bertz CT molecular complexity index is 517. The lowest BCUT2D eigenvalue weighted by Gasteiger charge is -2.27. The van der Waals surface area contributed by atoms with E-state index in [0.29, 0.717) is 5.41 Å². The molecule has 2 aliphatic rings. The topological polar surface area (TPSA) is 58.4 Å². The van der Waals surface area contributed by atoms with Crippen LogP contribution in [0.2, 0.25) is 0 Å². The van der Waals surface area contributed by atoms with Crippen molar-refractivity contribution in [2.75, 3.05) is 26.2 Å². The zero-order valence-corrected chi connectivity index (χ0v) is 13.1. The van der Waals surface area contributed by atoms with Crippen LogP contribution in [0.25, 0.3) is 0 Å². The van der Waals surface area contributed by atoms with Gasteiger partial charge < -0.3 is 5.32 Å². The highest BCUT2D eigenvalue weighted by Crippen LogP contribution is 2.39. The van der Waals surface area contributed by atoms with Gasteiger partial charge in [-0.25, -0.2) is 0 Å². The van der Waals surface area contributed by atoms with Crippen LogP contribution >= 0.6 is 12.4 Å². The van der Waals surface area contributed by atoms with Gasteiger partial charge >= 0.3 is 0 Å². The number of likely N-dealkylation sites (tertiary alicyclic amines) is 1. The number of halogens is 1. The van der Waals surface area contributed by atoms with Crippen LogP contribution in [-0.2, 0) is 0 Å². The molecule has 21 heavy (non-hydrogen) atoms. The van der Waals surface area contributed by atoms with Crippen molar-refractivity contribution in [2.24, 2.45) is 5.41 Å². The monoisotopic (exact) mass is 311 g/mol. The summed E-state index contributed by atoms with van der Waals surface area (Å²) in [5, 5.41) is 14.3. The number of rotatable bonds is 3. The molecule has 1 spiro atoms. The van der Waals surface area contributed by atoms with Crippen molar-refractivity contribution in [3.63, 3.8) is 0 Å². The standard InChI is InChI=1S/C15H21N3O2.ClH/c1-12(13-3-2-4-14(9-13)18(19)20)17-8-6-15(11-17)5-7-16-10-15;/h2-4,9,12,16H,5-8,10-11H2,1H3;1H. The van der Waals surface area contributed by atoms with Gasteiger partial charge in [-0.15, -0.1) is 12.4 Å². The lowest BCUT2D eigenvalue weighted by molar-refractivity contribution is -0.384. The second-order valence-electron chi connectivity index (χ2n) is 6.18. The molecule has 2 fully saturated rings. The molecule has 2 aliphatic heterocycles. The van der Waals surface area contributed by atoms with Gasteiger partial charge in [0.1, 0.15) is 0 Å². The van der Waals surface area contributed by atoms with Crippen molar-refractivity contribution >= 4 is 18.1 Å². The zero-order chi connectivity index (χ0) is 14.2. The van der Waals surface area contributed by atoms with Gasteiger partial charge in [0.15, 0.2) is 0 Å². The number of nitrogens with one attached hydrogen (secondary N) is 1. The number of nitro groups is 1. The fraction of sp³-hybridized carbons (Fsp3) is 0.600. The fourth-order valence-corrected chi connectivity index (χ4v) is 3.55. The molecule has 5 nitrogen and oxygen atoms in total. The SMILES string of the molecule is CC(c1cccc([N+](=O)[O-])c1)N1CCC2(CCNC2)C1.Cl. The minimum Gasteiger partial charge on any atom is -0.316 e. The molecule has 3 rings (SSSR count). The molecule has 0 bridgehead atoms. The van der Waals surface area contributed by atoms with E-state index in [-0.39, 0.29) is 29.1 Å². The maximum absolute atomic E-state index is 10.9. The Hall–Kier alpha value is -1.17. The van der Waals surface area contributed by atoms with Crippen LogP contribution in [0.5, 0.6) is 0 Å². The van der Waals surface area contributed by atoms with Crippen molar-refractivity contribution < 1.29 is 4.92 Å². The molecule has 2 atom stereocenters. The van der Waals surface area contributed by atoms with E-state index in [9.17, 15) is 10.1 Å². The summed E-state index contributed by atoms with van der Waals surface area (Å²) in [7, 11) is 0. The summed E-state index contributed by atoms with van der Waals surface area (Å²) in [5.41, 5.74) is 1.67. The molecule has 116 valence electrons. The second-order valence-corrected chi connectivity index (χ2v) is 6.18. The van der Waals surface area contributed by atoms with E-state index >= 15 is 0 Å². The number of hydrogen-bond donors (Lipinski definition) is 1. The summed E-state index contributed by atoms with van der Waals surface area (Å²) in [6.07, 6.45) is 2.49. The van der Waals surface area contributed by atoms with Gasteiger partial charge in [-0.1, -0.05) is 12.1 Å². The van der Waals surface area contributed by atoms with Crippen LogP contribution in [0.1, 0.15) is 31.4 Å². The molecular formula is C15H22ClN3O2. The van der Waals surface area contributed by atoms with E-state index < -0.39 is 0 Å². The largest absolute Gasteiger partial charge is 0.316 e. The Morgan fingerprint density at radius 2 is 2.24 bits per heavy atom. The maximum atomic E-state index is 10.9. The van der Waals surface area contributed by atoms with E-state index in [0.717, 1.165) is 31.7 Å². The quantitative estimate of drug-likeness (QED) is 0.689. The smallest absolute Gasteiger partial charge is 0.269 e. The highest BCUT2D eigenvalue weighted by molar-refractivity contribution is 5.85. The van der Waals surface area contributed by atoms with Gasteiger partial charge in [-0.05, 0) is 43.8 Å².